The summed E-state index contributed by atoms with van der Waals surface area (Å²) in [6, 6.07) is 4.13. The summed E-state index contributed by atoms with van der Waals surface area (Å²) >= 11 is 1.59. The molecule has 5 heteroatoms. The van der Waals surface area contributed by atoms with Gasteiger partial charge in [-0.25, -0.2) is 4.79 Å². The molecule has 1 aliphatic rings. The van der Waals surface area contributed by atoms with E-state index in [1.54, 1.807) is 23.2 Å². The van der Waals surface area contributed by atoms with Crippen molar-refractivity contribution < 1.29 is 14.3 Å². The summed E-state index contributed by atoms with van der Waals surface area (Å²) in [6.07, 6.45) is 1.97. The van der Waals surface area contributed by atoms with E-state index in [-0.39, 0.29) is 12.6 Å². The van der Waals surface area contributed by atoms with Gasteiger partial charge in [0.2, 0.25) is 0 Å². The zero-order valence-corrected chi connectivity index (χ0v) is 10.5. The fourth-order valence-electron chi connectivity index (χ4n) is 1.63. The molecule has 92 valence electrons. The van der Waals surface area contributed by atoms with Crippen LogP contribution < -0.4 is 0 Å². The van der Waals surface area contributed by atoms with E-state index in [2.05, 4.69) is 0 Å². The van der Waals surface area contributed by atoms with E-state index in [0.29, 0.717) is 6.54 Å². The summed E-state index contributed by atoms with van der Waals surface area (Å²) in [7, 11) is 0. The number of rotatable bonds is 4. The Morgan fingerprint density at radius 2 is 2.29 bits per heavy atom. The molecule has 1 heterocycles. The minimum absolute atomic E-state index is 0.217. The highest BCUT2D eigenvalue weighted by molar-refractivity contribution is 7.09. The van der Waals surface area contributed by atoms with E-state index in [1.807, 2.05) is 17.5 Å². The zero-order valence-electron chi connectivity index (χ0n) is 9.72. The smallest absolute Gasteiger partial charge is 0.397 e. The SMILES string of the molecule is CCOC(=O)C(=O)N(Cc1cccs1)C1CC1. The Hall–Kier alpha value is -1.36. The predicted molar refractivity (Wildman–Crippen MR) is 64.5 cm³/mol. The first-order valence-corrected chi connectivity index (χ1v) is 6.60. The number of nitrogens with zero attached hydrogens (tertiary/aromatic N) is 1. The molecule has 0 spiro atoms. The molecule has 1 aromatic heterocycles. The normalized spacial score (nSPS) is 14.4. The molecule has 0 N–H and O–H groups in total. The molecule has 4 nitrogen and oxygen atoms in total. The van der Waals surface area contributed by atoms with Crippen molar-refractivity contribution in [3.8, 4) is 0 Å². The van der Waals surface area contributed by atoms with E-state index in [1.165, 1.54) is 0 Å². The van der Waals surface area contributed by atoms with Crippen molar-refractivity contribution in [2.24, 2.45) is 0 Å². The van der Waals surface area contributed by atoms with Crippen LogP contribution in [0, 0.1) is 0 Å². The molecule has 1 aromatic rings. The van der Waals surface area contributed by atoms with Crippen LogP contribution in [0.15, 0.2) is 17.5 Å². The van der Waals surface area contributed by atoms with Crippen molar-refractivity contribution in [1.82, 2.24) is 4.90 Å². The number of amides is 1. The van der Waals surface area contributed by atoms with Gasteiger partial charge in [-0.3, -0.25) is 4.79 Å². The van der Waals surface area contributed by atoms with Gasteiger partial charge in [-0.1, -0.05) is 6.07 Å². The summed E-state index contributed by atoms with van der Waals surface area (Å²) in [5.41, 5.74) is 0. The van der Waals surface area contributed by atoms with Gasteiger partial charge in [-0.05, 0) is 31.2 Å². The second-order valence-corrected chi connectivity index (χ2v) is 5.00. The second-order valence-electron chi connectivity index (χ2n) is 3.96. The van der Waals surface area contributed by atoms with E-state index in [0.717, 1.165) is 17.7 Å². The Morgan fingerprint density at radius 3 is 2.82 bits per heavy atom. The Morgan fingerprint density at radius 1 is 1.53 bits per heavy atom. The van der Waals surface area contributed by atoms with Crippen molar-refractivity contribution in [2.75, 3.05) is 6.61 Å². The molecule has 1 fully saturated rings. The summed E-state index contributed by atoms with van der Waals surface area (Å²) in [4.78, 5) is 26.1. The number of ether oxygens (including phenoxy) is 1. The molecule has 0 aromatic carbocycles. The molecule has 0 radical (unpaired) electrons. The largest absolute Gasteiger partial charge is 0.459 e. The van der Waals surface area contributed by atoms with E-state index in [9.17, 15) is 9.59 Å². The maximum Gasteiger partial charge on any atom is 0.397 e. The van der Waals surface area contributed by atoms with Gasteiger partial charge in [0.25, 0.3) is 0 Å². The number of hydrogen-bond donors (Lipinski definition) is 0. The van der Waals surface area contributed by atoms with Crippen LogP contribution in [-0.2, 0) is 20.9 Å². The predicted octanol–water partition coefficient (Wildman–Crippen LogP) is 1.80. The minimum atomic E-state index is -0.740. The maximum atomic E-state index is 11.9. The van der Waals surface area contributed by atoms with Crippen LogP contribution in [0.1, 0.15) is 24.6 Å². The third-order valence-corrected chi connectivity index (χ3v) is 3.47. The highest BCUT2D eigenvalue weighted by atomic mass is 32.1. The lowest BCUT2D eigenvalue weighted by Crippen LogP contribution is -2.38. The molecule has 0 saturated heterocycles. The Balaban J connectivity index is 2.01. The average Bonchev–Trinajstić information content (AvgIpc) is 3.03. The van der Waals surface area contributed by atoms with Crippen LogP contribution in [0.25, 0.3) is 0 Å². The molecule has 1 amide bonds. The lowest BCUT2D eigenvalue weighted by atomic mass is 10.3. The standard InChI is InChI=1S/C12H15NO3S/c1-2-16-12(15)11(14)13(9-5-6-9)8-10-4-3-7-17-10/h3-4,7,9H,2,5-6,8H2,1H3. The molecule has 0 atom stereocenters. The van der Waals surface area contributed by atoms with Gasteiger partial charge in [0, 0.05) is 10.9 Å². The highest BCUT2D eigenvalue weighted by Crippen LogP contribution is 2.29. The molecule has 1 saturated carbocycles. The number of thiophene rings is 1. The number of carbonyl (C=O) groups is 2. The quantitative estimate of drug-likeness (QED) is 0.607. The Kier molecular flexibility index (Phi) is 3.78. The number of carbonyl (C=O) groups excluding carboxylic acids is 2. The topological polar surface area (TPSA) is 46.6 Å². The first-order valence-electron chi connectivity index (χ1n) is 5.72. The van der Waals surface area contributed by atoms with Gasteiger partial charge in [0.1, 0.15) is 0 Å². The van der Waals surface area contributed by atoms with Gasteiger partial charge in [-0.2, -0.15) is 0 Å². The molecular formula is C12H15NO3S. The van der Waals surface area contributed by atoms with Crippen LogP contribution in [0.4, 0.5) is 0 Å². The third-order valence-electron chi connectivity index (χ3n) is 2.60. The monoisotopic (exact) mass is 253 g/mol. The Labute approximate surface area is 104 Å². The number of esters is 1. The molecule has 2 rings (SSSR count). The van der Waals surface area contributed by atoms with Crippen LogP contribution in [0.3, 0.4) is 0 Å². The summed E-state index contributed by atoms with van der Waals surface area (Å²) in [5.74, 6) is -1.25. The van der Waals surface area contributed by atoms with Crippen molar-refractivity contribution in [2.45, 2.75) is 32.4 Å². The fraction of sp³-hybridized carbons (Fsp3) is 0.500. The summed E-state index contributed by atoms with van der Waals surface area (Å²) in [6.45, 7) is 2.45. The van der Waals surface area contributed by atoms with Gasteiger partial charge < -0.3 is 9.64 Å². The van der Waals surface area contributed by atoms with Crippen molar-refractivity contribution >= 4 is 23.2 Å². The van der Waals surface area contributed by atoms with Crippen molar-refractivity contribution in [1.29, 1.82) is 0 Å². The highest BCUT2D eigenvalue weighted by Gasteiger charge is 2.36. The molecule has 0 unspecified atom stereocenters. The zero-order chi connectivity index (χ0) is 12.3. The second kappa shape index (κ2) is 5.31. The lowest BCUT2D eigenvalue weighted by Gasteiger charge is -2.20. The van der Waals surface area contributed by atoms with E-state index >= 15 is 0 Å². The van der Waals surface area contributed by atoms with E-state index < -0.39 is 11.9 Å². The van der Waals surface area contributed by atoms with Gasteiger partial charge in [-0.15, -0.1) is 11.3 Å². The van der Waals surface area contributed by atoms with Crippen molar-refractivity contribution in [3.63, 3.8) is 0 Å². The first kappa shape index (κ1) is 12.1. The van der Waals surface area contributed by atoms with Crippen LogP contribution >= 0.6 is 11.3 Å². The van der Waals surface area contributed by atoms with Crippen LogP contribution in [0.5, 0.6) is 0 Å². The summed E-state index contributed by atoms with van der Waals surface area (Å²) < 4.78 is 4.76. The lowest BCUT2D eigenvalue weighted by molar-refractivity contribution is -0.160. The Bertz CT molecular complexity index is 398. The molecule has 1 aliphatic carbocycles. The molecule has 0 bridgehead atoms. The first-order chi connectivity index (χ1) is 8.22. The molecule has 0 aliphatic heterocycles. The minimum Gasteiger partial charge on any atom is -0.459 e. The number of hydrogen-bond acceptors (Lipinski definition) is 4. The molecular weight excluding hydrogens is 238 g/mol. The van der Waals surface area contributed by atoms with Gasteiger partial charge in [0.05, 0.1) is 13.2 Å². The summed E-state index contributed by atoms with van der Waals surface area (Å²) in [5, 5.41) is 1.97. The van der Waals surface area contributed by atoms with E-state index in [4.69, 9.17) is 4.74 Å². The molecule has 17 heavy (non-hydrogen) atoms. The van der Waals surface area contributed by atoms with Gasteiger partial charge in [0.15, 0.2) is 0 Å². The maximum absolute atomic E-state index is 11.9. The van der Waals surface area contributed by atoms with Crippen LogP contribution in [0.2, 0.25) is 0 Å². The fourth-order valence-corrected chi connectivity index (χ4v) is 2.34. The average molecular weight is 253 g/mol. The third kappa shape index (κ3) is 3.06. The van der Waals surface area contributed by atoms with Crippen LogP contribution in [-0.4, -0.2) is 29.4 Å². The van der Waals surface area contributed by atoms with Crippen molar-refractivity contribution in [3.05, 3.63) is 22.4 Å². The van der Waals surface area contributed by atoms with Gasteiger partial charge >= 0.3 is 11.9 Å².